The number of carbonyl (C=O) groups excluding carboxylic acids is 1. The molecule has 2 atom stereocenters. The average Bonchev–Trinajstić information content (AvgIpc) is 2.18. The maximum atomic E-state index is 11.5. The standard InChI is InChI=1S/C12H24N2O3/c1-11(2,3)17-10(16)14-8-12(4)5-6-13-7-9(12)15/h9,13,15H,5-8H2,1-4H3,(H,14,16)/t9?,12-/m0/s1. The minimum absolute atomic E-state index is 0.276. The summed E-state index contributed by atoms with van der Waals surface area (Å²) in [6, 6.07) is 0. The highest BCUT2D eigenvalue weighted by Gasteiger charge is 2.35. The number of rotatable bonds is 2. The number of β-amino-alcohol motifs (C(OH)–C–C–N with tert-alkyl or cyclic N) is 1. The van der Waals surface area contributed by atoms with Gasteiger partial charge in [0.15, 0.2) is 0 Å². The van der Waals surface area contributed by atoms with Crippen molar-refractivity contribution in [2.75, 3.05) is 19.6 Å². The Hall–Kier alpha value is -0.810. The van der Waals surface area contributed by atoms with Crippen LogP contribution in [0.15, 0.2) is 0 Å². The lowest BCUT2D eigenvalue weighted by Gasteiger charge is -2.38. The highest BCUT2D eigenvalue weighted by atomic mass is 16.6. The molecule has 1 aliphatic rings. The Morgan fingerprint density at radius 1 is 1.59 bits per heavy atom. The highest BCUT2D eigenvalue weighted by Crippen LogP contribution is 2.27. The Morgan fingerprint density at radius 3 is 2.76 bits per heavy atom. The molecule has 3 N–H and O–H groups in total. The summed E-state index contributed by atoms with van der Waals surface area (Å²) in [6.45, 7) is 9.34. The van der Waals surface area contributed by atoms with E-state index in [1.54, 1.807) is 0 Å². The molecule has 0 aliphatic carbocycles. The van der Waals surface area contributed by atoms with Crippen molar-refractivity contribution >= 4 is 6.09 Å². The third-order valence-electron chi connectivity index (χ3n) is 3.05. The number of piperidine rings is 1. The Balaban J connectivity index is 2.41. The molecule has 1 unspecified atom stereocenters. The molecule has 0 aromatic carbocycles. The molecule has 0 aromatic heterocycles. The van der Waals surface area contributed by atoms with Crippen LogP contribution in [0.25, 0.3) is 0 Å². The van der Waals surface area contributed by atoms with Crippen LogP contribution in [-0.4, -0.2) is 42.5 Å². The van der Waals surface area contributed by atoms with E-state index < -0.39 is 17.8 Å². The van der Waals surface area contributed by atoms with Gasteiger partial charge in [-0.05, 0) is 33.7 Å². The lowest BCUT2D eigenvalue weighted by Crippen LogP contribution is -2.53. The van der Waals surface area contributed by atoms with E-state index in [-0.39, 0.29) is 5.41 Å². The van der Waals surface area contributed by atoms with Crippen molar-refractivity contribution in [3.05, 3.63) is 0 Å². The zero-order valence-electron chi connectivity index (χ0n) is 11.2. The molecule has 5 heteroatoms. The Kier molecular flexibility index (Phi) is 4.38. The van der Waals surface area contributed by atoms with Crippen LogP contribution in [0.1, 0.15) is 34.1 Å². The maximum absolute atomic E-state index is 11.5. The van der Waals surface area contributed by atoms with E-state index in [0.717, 1.165) is 13.0 Å². The number of carbonyl (C=O) groups is 1. The van der Waals surface area contributed by atoms with Gasteiger partial charge in [0.25, 0.3) is 0 Å². The molecular weight excluding hydrogens is 220 g/mol. The molecule has 1 fully saturated rings. The fourth-order valence-electron chi connectivity index (χ4n) is 1.82. The van der Waals surface area contributed by atoms with Gasteiger partial charge in [0, 0.05) is 18.5 Å². The second-order valence-corrected chi connectivity index (χ2v) is 5.98. The lowest BCUT2D eigenvalue weighted by atomic mass is 9.78. The molecule has 1 heterocycles. The number of hydrogen-bond acceptors (Lipinski definition) is 4. The molecule has 0 radical (unpaired) electrons. The van der Waals surface area contributed by atoms with Crippen LogP contribution in [0, 0.1) is 5.41 Å². The number of aliphatic hydroxyl groups is 1. The molecule has 1 amide bonds. The third kappa shape index (κ3) is 4.52. The van der Waals surface area contributed by atoms with Crippen LogP contribution in [-0.2, 0) is 4.74 Å². The number of alkyl carbamates (subject to hydrolysis) is 1. The van der Waals surface area contributed by atoms with Crippen molar-refractivity contribution in [2.45, 2.75) is 45.8 Å². The van der Waals surface area contributed by atoms with E-state index in [2.05, 4.69) is 10.6 Å². The quantitative estimate of drug-likeness (QED) is 0.674. The first-order valence-electron chi connectivity index (χ1n) is 6.09. The second-order valence-electron chi connectivity index (χ2n) is 5.98. The molecule has 1 saturated heterocycles. The Morgan fingerprint density at radius 2 is 2.24 bits per heavy atom. The summed E-state index contributed by atoms with van der Waals surface area (Å²) in [4.78, 5) is 11.5. The summed E-state index contributed by atoms with van der Waals surface area (Å²) in [5, 5.41) is 15.8. The van der Waals surface area contributed by atoms with Gasteiger partial charge in [-0.1, -0.05) is 6.92 Å². The third-order valence-corrected chi connectivity index (χ3v) is 3.05. The second kappa shape index (κ2) is 5.23. The highest BCUT2D eigenvalue weighted by molar-refractivity contribution is 5.67. The molecule has 0 aromatic rings. The smallest absolute Gasteiger partial charge is 0.407 e. The molecule has 1 aliphatic heterocycles. The largest absolute Gasteiger partial charge is 0.444 e. The van der Waals surface area contributed by atoms with Crippen LogP contribution in [0.4, 0.5) is 4.79 Å². The average molecular weight is 244 g/mol. The van der Waals surface area contributed by atoms with E-state index in [9.17, 15) is 9.90 Å². The van der Waals surface area contributed by atoms with Gasteiger partial charge in [0.05, 0.1) is 6.10 Å². The van der Waals surface area contributed by atoms with E-state index in [1.807, 2.05) is 27.7 Å². The SMILES string of the molecule is CC(C)(C)OC(=O)NC[C@]1(C)CCNCC1O. The van der Waals surface area contributed by atoms with Crippen LogP contribution >= 0.6 is 0 Å². The van der Waals surface area contributed by atoms with Gasteiger partial charge in [-0.25, -0.2) is 4.79 Å². The van der Waals surface area contributed by atoms with Crippen molar-refractivity contribution in [2.24, 2.45) is 5.41 Å². The van der Waals surface area contributed by atoms with Gasteiger partial charge in [-0.2, -0.15) is 0 Å². The first kappa shape index (κ1) is 14.3. The first-order valence-corrected chi connectivity index (χ1v) is 6.09. The Bertz CT molecular complexity index is 275. The van der Waals surface area contributed by atoms with E-state index >= 15 is 0 Å². The van der Waals surface area contributed by atoms with Crippen molar-refractivity contribution in [3.8, 4) is 0 Å². The summed E-state index contributed by atoms with van der Waals surface area (Å²) < 4.78 is 5.16. The first-order chi connectivity index (χ1) is 7.73. The summed E-state index contributed by atoms with van der Waals surface area (Å²) in [5.41, 5.74) is -0.764. The summed E-state index contributed by atoms with van der Waals surface area (Å²) in [5.74, 6) is 0. The van der Waals surface area contributed by atoms with Crippen LogP contribution in [0.2, 0.25) is 0 Å². The predicted molar refractivity (Wildman–Crippen MR) is 65.8 cm³/mol. The fourth-order valence-corrected chi connectivity index (χ4v) is 1.82. The molecular formula is C12H24N2O3. The molecule has 0 saturated carbocycles. The van der Waals surface area contributed by atoms with Gasteiger partial charge in [-0.15, -0.1) is 0 Å². The number of aliphatic hydroxyl groups excluding tert-OH is 1. The maximum Gasteiger partial charge on any atom is 0.407 e. The van der Waals surface area contributed by atoms with Crippen LogP contribution in [0.5, 0.6) is 0 Å². The summed E-state index contributed by atoms with van der Waals surface area (Å²) >= 11 is 0. The monoisotopic (exact) mass is 244 g/mol. The molecule has 17 heavy (non-hydrogen) atoms. The molecule has 5 nitrogen and oxygen atoms in total. The Labute approximate surface area is 103 Å². The minimum atomic E-state index is -0.488. The van der Waals surface area contributed by atoms with E-state index in [0.29, 0.717) is 13.1 Å². The molecule has 0 bridgehead atoms. The molecule has 1 rings (SSSR count). The van der Waals surface area contributed by atoms with Crippen LogP contribution in [0.3, 0.4) is 0 Å². The number of nitrogens with one attached hydrogen (secondary N) is 2. The molecule has 0 spiro atoms. The van der Waals surface area contributed by atoms with Gasteiger partial charge < -0.3 is 20.5 Å². The zero-order valence-corrected chi connectivity index (χ0v) is 11.2. The van der Waals surface area contributed by atoms with Gasteiger partial charge in [0.1, 0.15) is 5.60 Å². The predicted octanol–water partition coefficient (Wildman–Crippen LogP) is 0.872. The van der Waals surface area contributed by atoms with E-state index in [1.165, 1.54) is 0 Å². The van der Waals surface area contributed by atoms with Gasteiger partial charge in [0.2, 0.25) is 0 Å². The van der Waals surface area contributed by atoms with Crippen LogP contribution < -0.4 is 10.6 Å². The topological polar surface area (TPSA) is 70.6 Å². The summed E-state index contributed by atoms with van der Waals surface area (Å²) in [6.07, 6.45) is -0.0279. The van der Waals surface area contributed by atoms with Crippen molar-refractivity contribution in [3.63, 3.8) is 0 Å². The molecule has 100 valence electrons. The number of hydrogen-bond donors (Lipinski definition) is 3. The zero-order chi connectivity index (χ0) is 13.1. The fraction of sp³-hybridized carbons (Fsp3) is 0.917. The number of amides is 1. The van der Waals surface area contributed by atoms with Gasteiger partial charge >= 0.3 is 6.09 Å². The van der Waals surface area contributed by atoms with Crippen molar-refractivity contribution in [1.29, 1.82) is 0 Å². The summed E-state index contributed by atoms with van der Waals surface area (Å²) in [7, 11) is 0. The lowest BCUT2D eigenvalue weighted by molar-refractivity contribution is 0.00702. The van der Waals surface area contributed by atoms with E-state index in [4.69, 9.17) is 4.74 Å². The minimum Gasteiger partial charge on any atom is -0.444 e. The van der Waals surface area contributed by atoms with Crippen molar-refractivity contribution < 1.29 is 14.6 Å². The van der Waals surface area contributed by atoms with Crippen molar-refractivity contribution in [1.82, 2.24) is 10.6 Å². The van der Waals surface area contributed by atoms with Gasteiger partial charge in [-0.3, -0.25) is 0 Å². The number of ether oxygens (including phenoxy) is 1. The normalized spacial score (nSPS) is 29.8.